The van der Waals surface area contributed by atoms with Gasteiger partial charge in [0.15, 0.2) is 0 Å². The summed E-state index contributed by atoms with van der Waals surface area (Å²) < 4.78 is 18.0. The summed E-state index contributed by atoms with van der Waals surface area (Å²) in [7, 11) is -3.17. The Labute approximate surface area is 125 Å². The van der Waals surface area contributed by atoms with Gasteiger partial charge < -0.3 is 4.52 Å². The van der Waals surface area contributed by atoms with E-state index in [2.05, 4.69) is 0 Å². The molecular weight excluding hydrogens is 283 g/mol. The van der Waals surface area contributed by atoms with E-state index in [0.717, 1.165) is 16.7 Å². The number of carbonyl (C=O) groups is 1. The van der Waals surface area contributed by atoms with Gasteiger partial charge in [0.05, 0.1) is 5.56 Å². The van der Waals surface area contributed by atoms with Crippen LogP contribution in [0.3, 0.4) is 0 Å². The zero-order valence-corrected chi connectivity index (χ0v) is 13.6. The van der Waals surface area contributed by atoms with Gasteiger partial charge in [-0.05, 0) is 44.0 Å². The maximum absolute atomic E-state index is 12.6. The molecule has 0 radical (unpaired) electrons. The topological polar surface area (TPSA) is 43.4 Å². The first kappa shape index (κ1) is 15.5. The summed E-state index contributed by atoms with van der Waals surface area (Å²) in [6.45, 7) is 7.17. The van der Waals surface area contributed by atoms with Crippen LogP contribution in [0.4, 0.5) is 0 Å². The van der Waals surface area contributed by atoms with Gasteiger partial charge in [0.2, 0.25) is 0 Å². The maximum atomic E-state index is 12.6. The summed E-state index contributed by atoms with van der Waals surface area (Å²) in [6.07, 6.45) is 0. The highest BCUT2D eigenvalue weighted by molar-refractivity contribution is 7.66. The molecule has 2 rings (SSSR count). The van der Waals surface area contributed by atoms with E-state index in [1.807, 2.05) is 39.0 Å². The number of rotatable bonds is 3. The number of hydrogen-bond acceptors (Lipinski definition) is 3. The molecule has 1 atom stereocenters. The number of aryl methyl sites for hydroxylation is 3. The molecule has 0 fully saturated rings. The lowest BCUT2D eigenvalue weighted by Crippen LogP contribution is -2.13. The average molecular weight is 302 g/mol. The fraction of sp³-hybridized carbons (Fsp3) is 0.235. The first-order valence-electron chi connectivity index (χ1n) is 6.76. The average Bonchev–Trinajstić information content (AvgIpc) is 2.37. The summed E-state index contributed by atoms with van der Waals surface area (Å²) >= 11 is 0. The third-order valence-corrected chi connectivity index (χ3v) is 5.11. The van der Waals surface area contributed by atoms with Crippen molar-refractivity contribution in [1.29, 1.82) is 0 Å². The van der Waals surface area contributed by atoms with Gasteiger partial charge >= 0.3 is 5.97 Å². The highest BCUT2D eigenvalue weighted by Gasteiger charge is 2.26. The predicted octanol–water partition coefficient (Wildman–Crippen LogP) is 4.00. The van der Waals surface area contributed by atoms with Crippen LogP contribution < -0.4 is 5.30 Å². The molecule has 2 aromatic rings. The van der Waals surface area contributed by atoms with Crippen LogP contribution in [0, 0.1) is 20.8 Å². The predicted molar refractivity (Wildman–Crippen MR) is 85.7 cm³/mol. The summed E-state index contributed by atoms with van der Waals surface area (Å²) in [5.74, 6) is -0.528. The Morgan fingerprint density at radius 1 is 1.00 bits per heavy atom. The zero-order chi connectivity index (χ0) is 15.6. The number of hydrogen-bond donors (Lipinski definition) is 0. The van der Waals surface area contributed by atoms with E-state index in [-0.39, 0.29) is 0 Å². The normalized spacial score (nSPS) is 13.5. The maximum Gasteiger partial charge on any atom is 0.343 e. The van der Waals surface area contributed by atoms with E-state index in [1.165, 1.54) is 6.66 Å². The molecule has 0 aliphatic carbocycles. The second kappa shape index (κ2) is 5.87. The quantitative estimate of drug-likeness (QED) is 0.805. The van der Waals surface area contributed by atoms with Crippen LogP contribution in [-0.4, -0.2) is 12.6 Å². The molecule has 2 aromatic carbocycles. The van der Waals surface area contributed by atoms with Crippen molar-refractivity contribution in [2.75, 3.05) is 6.66 Å². The van der Waals surface area contributed by atoms with Crippen molar-refractivity contribution >= 4 is 18.6 Å². The van der Waals surface area contributed by atoms with Crippen LogP contribution in [0.2, 0.25) is 0 Å². The second-order valence-electron chi connectivity index (χ2n) is 5.33. The Kier molecular flexibility index (Phi) is 4.34. The Morgan fingerprint density at radius 2 is 1.52 bits per heavy atom. The fourth-order valence-corrected chi connectivity index (χ4v) is 3.68. The van der Waals surface area contributed by atoms with Gasteiger partial charge in [0.25, 0.3) is 7.37 Å². The molecular formula is C17H19O3P. The van der Waals surface area contributed by atoms with Crippen molar-refractivity contribution in [1.82, 2.24) is 0 Å². The van der Waals surface area contributed by atoms with Gasteiger partial charge in [0.1, 0.15) is 0 Å². The Morgan fingerprint density at radius 3 is 2.05 bits per heavy atom. The van der Waals surface area contributed by atoms with E-state index in [9.17, 15) is 9.36 Å². The van der Waals surface area contributed by atoms with Crippen LogP contribution in [0.15, 0.2) is 42.5 Å². The number of benzene rings is 2. The largest absolute Gasteiger partial charge is 0.405 e. The van der Waals surface area contributed by atoms with Gasteiger partial charge in [-0.1, -0.05) is 35.9 Å². The number of carbonyl (C=O) groups excluding carboxylic acids is 1. The van der Waals surface area contributed by atoms with Crippen LogP contribution in [-0.2, 0) is 9.09 Å². The lowest BCUT2D eigenvalue weighted by Gasteiger charge is -2.16. The van der Waals surface area contributed by atoms with Crippen molar-refractivity contribution in [3.63, 3.8) is 0 Å². The van der Waals surface area contributed by atoms with Crippen molar-refractivity contribution in [3.05, 3.63) is 64.7 Å². The van der Waals surface area contributed by atoms with Crippen LogP contribution >= 0.6 is 7.37 Å². The SMILES string of the molecule is Cc1cc(C)c(C(=O)OP(C)(=O)c2ccccc2)c(C)c1. The smallest absolute Gasteiger partial charge is 0.343 e. The third kappa shape index (κ3) is 3.43. The molecule has 0 saturated carbocycles. The summed E-state index contributed by atoms with van der Waals surface area (Å²) in [5.41, 5.74) is 3.26. The van der Waals surface area contributed by atoms with Crippen molar-refractivity contribution in [2.45, 2.75) is 20.8 Å². The van der Waals surface area contributed by atoms with Crippen LogP contribution in [0.25, 0.3) is 0 Å². The van der Waals surface area contributed by atoms with Gasteiger partial charge in [-0.25, -0.2) is 4.79 Å². The van der Waals surface area contributed by atoms with Gasteiger partial charge in [0, 0.05) is 12.0 Å². The summed E-state index contributed by atoms with van der Waals surface area (Å²) in [4.78, 5) is 12.4. The Balaban J connectivity index is 2.33. The molecule has 1 unspecified atom stereocenters. The highest BCUT2D eigenvalue weighted by atomic mass is 31.2. The van der Waals surface area contributed by atoms with E-state index >= 15 is 0 Å². The molecule has 0 bridgehead atoms. The van der Waals surface area contributed by atoms with Gasteiger partial charge in [-0.2, -0.15) is 0 Å². The van der Waals surface area contributed by atoms with E-state index < -0.39 is 13.3 Å². The minimum atomic E-state index is -3.17. The lowest BCUT2D eigenvalue weighted by atomic mass is 10.0. The van der Waals surface area contributed by atoms with E-state index in [1.54, 1.807) is 24.3 Å². The molecule has 110 valence electrons. The minimum Gasteiger partial charge on any atom is -0.405 e. The van der Waals surface area contributed by atoms with Gasteiger partial charge in [-0.15, -0.1) is 0 Å². The van der Waals surface area contributed by atoms with Crippen molar-refractivity contribution < 1.29 is 13.9 Å². The third-order valence-electron chi connectivity index (χ3n) is 3.36. The molecule has 0 aromatic heterocycles. The first-order valence-corrected chi connectivity index (χ1v) is 8.83. The highest BCUT2D eigenvalue weighted by Crippen LogP contribution is 2.42. The molecule has 4 heteroatoms. The molecule has 0 heterocycles. The fourth-order valence-electron chi connectivity index (χ4n) is 2.46. The molecule has 0 N–H and O–H groups in total. The van der Waals surface area contributed by atoms with E-state index in [0.29, 0.717) is 10.9 Å². The zero-order valence-electron chi connectivity index (χ0n) is 12.7. The minimum absolute atomic E-state index is 0.499. The van der Waals surface area contributed by atoms with Crippen molar-refractivity contribution in [2.24, 2.45) is 0 Å². The lowest BCUT2D eigenvalue weighted by molar-refractivity contribution is 0.0744. The molecule has 3 nitrogen and oxygen atoms in total. The molecule has 0 saturated heterocycles. The van der Waals surface area contributed by atoms with Gasteiger partial charge in [-0.3, -0.25) is 4.57 Å². The monoisotopic (exact) mass is 302 g/mol. The summed E-state index contributed by atoms with van der Waals surface area (Å²) in [5, 5.41) is 0.542. The molecule has 0 spiro atoms. The van der Waals surface area contributed by atoms with Crippen LogP contribution in [0.5, 0.6) is 0 Å². The molecule has 0 amide bonds. The second-order valence-corrected chi connectivity index (χ2v) is 7.72. The Hall–Kier alpha value is -1.86. The Bertz CT molecular complexity index is 697. The summed E-state index contributed by atoms with van der Waals surface area (Å²) in [6, 6.07) is 12.7. The van der Waals surface area contributed by atoms with Crippen molar-refractivity contribution in [3.8, 4) is 0 Å². The molecule has 0 aliphatic rings. The molecule has 0 aliphatic heterocycles. The van der Waals surface area contributed by atoms with E-state index in [4.69, 9.17) is 4.52 Å². The van der Waals surface area contributed by atoms with Crippen LogP contribution in [0.1, 0.15) is 27.0 Å². The first-order chi connectivity index (χ1) is 9.81. The molecule has 21 heavy (non-hydrogen) atoms. The standard InChI is InChI=1S/C17H19O3P/c1-12-10-13(2)16(14(3)11-12)17(18)20-21(4,19)15-8-6-5-7-9-15/h5-11H,1-4H3.